The van der Waals surface area contributed by atoms with Crippen LogP contribution in [0.5, 0.6) is 0 Å². The summed E-state index contributed by atoms with van der Waals surface area (Å²) >= 11 is 0. The second-order valence-electron chi connectivity index (χ2n) is 7.07. The van der Waals surface area contributed by atoms with Crippen molar-refractivity contribution in [3.05, 3.63) is 52.9 Å². The van der Waals surface area contributed by atoms with Crippen molar-refractivity contribution in [1.29, 1.82) is 0 Å². The van der Waals surface area contributed by atoms with Gasteiger partial charge in [-0.25, -0.2) is 4.98 Å². The Morgan fingerprint density at radius 1 is 1.40 bits per heavy atom. The average molecular weight is 337 g/mol. The molecule has 0 N–H and O–H groups in total. The van der Waals surface area contributed by atoms with E-state index in [1.54, 1.807) is 13.1 Å². The van der Waals surface area contributed by atoms with Crippen molar-refractivity contribution >= 4 is 5.97 Å². The fourth-order valence-electron chi connectivity index (χ4n) is 3.23. The highest BCUT2D eigenvalue weighted by Crippen LogP contribution is 2.40. The molecule has 1 heterocycles. The first kappa shape index (κ1) is 19.0. The van der Waals surface area contributed by atoms with Crippen LogP contribution in [-0.4, -0.2) is 17.6 Å². The molecule has 2 rings (SSSR count). The molecule has 0 aliphatic heterocycles. The maximum atomic E-state index is 11.4. The molecule has 1 aliphatic rings. The molecule has 0 amide bonds. The van der Waals surface area contributed by atoms with Gasteiger partial charge >= 0.3 is 5.97 Å². The highest BCUT2D eigenvalue weighted by Gasteiger charge is 2.26. The Kier molecular flexibility index (Phi) is 6.58. The molecule has 0 atom stereocenters. The van der Waals surface area contributed by atoms with Crippen LogP contribution >= 0.6 is 0 Å². The number of hydrogen-bond acceptors (Lipinski definition) is 3. The van der Waals surface area contributed by atoms with Gasteiger partial charge in [-0.3, -0.25) is 4.79 Å². The summed E-state index contributed by atoms with van der Waals surface area (Å²) in [7, 11) is 0. The highest BCUT2D eigenvalue weighted by molar-refractivity contribution is 5.72. The molecular formula is C22H27NO2. The molecule has 0 radical (unpaired) electrons. The quantitative estimate of drug-likeness (QED) is 0.594. The van der Waals surface area contributed by atoms with Crippen molar-refractivity contribution in [1.82, 2.24) is 4.98 Å². The van der Waals surface area contributed by atoms with Gasteiger partial charge in [0.15, 0.2) is 0 Å². The Morgan fingerprint density at radius 2 is 2.20 bits per heavy atom. The number of hydrogen-bond donors (Lipinski definition) is 0. The fourth-order valence-corrected chi connectivity index (χ4v) is 3.23. The molecule has 132 valence electrons. The Morgan fingerprint density at radius 3 is 2.84 bits per heavy atom. The summed E-state index contributed by atoms with van der Waals surface area (Å²) in [6.45, 7) is 9.01. The van der Waals surface area contributed by atoms with E-state index in [4.69, 9.17) is 4.74 Å². The van der Waals surface area contributed by atoms with Crippen LogP contribution in [0, 0.1) is 17.3 Å². The van der Waals surface area contributed by atoms with Gasteiger partial charge in [0.2, 0.25) is 0 Å². The molecular weight excluding hydrogens is 310 g/mol. The summed E-state index contributed by atoms with van der Waals surface area (Å²) in [6, 6.07) is 3.71. The average Bonchev–Trinajstić information content (AvgIpc) is 2.55. The lowest BCUT2D eigenvalue weighted by atomic mass is 9.73. The topological polar surface area (TPSA) is 39.2 Å². The minimum Gasteiger partial charge on any atom is -0.466 e. The second kappa shape index (κ2) is 8.67. The standard InChI is InChI=1S/C22H27NO2/c1-5-25-21(24)15-18-12-13-19(23-16-18)10-6-7-11-20-17(2)9-8-14-22(20,3)4/h7,11-13,16H,5,8-9,14-15H2,1-4H3. The monoisotopic (exact) mass is 337 g/mol. The minimum atomic E-state index is -0.232. The summed E-state index contributed by atoms with van der Waals surface area (Å²) in [6.07, 6.45) is 9.67. The van der Waals surface area contributed by atoms with Crippen LogP contribution in [0.1, 0.15) is 58.2 Å². The van der Waals surface area contributed by atoms with E-state index in [-0.39, 0.29) is 17.8 Å². The lowest BCUT2D eigenvalue weighted by Crippen LogP contribution is -2.18. The van der Waals surface area contributed by atoms with E-state index in [2.05, 4.69) is 43.7 Å². The molecule has 1 aromatic heterocycles. The van der Waals surface area contributed by atoms with Crippen LogP contribution < -0.4 is 0 Å². The lowest BCUT2D eigenvalue weighted by molar-refractivity contribution is -0.142. The SMILES string of the molecule is CCOC(=O)Cc1ccc(C#CC=CC2=C(C)CCCC2(C)C)nc1. The summed E-state index contributed by atoms with van der Waals surface area (Å²) in [5.41, 5.74) is 4.64. The number of esters is 1. The summed E-state index contributed by atoms with van der Waals surface area (Å²) < 4.78 is 4.93. The van der Waals surface area contributed by atoms with Crippen molar-refractivity contribution in [3.63, 3.8) is 0 Å². The highest BCUT2D eigenvalue weighted by atomic mass is 16.5. The van der Waals surface area contributed by atoms with Crippen molar-refractivity contribution < 1.29 is 9.53 Å². The number of pyridine rings is 1. The van der Waals surface area contributed by atoms with Gasteiger partial charge in [0.25, 0.3) is 0 Å². The van der Waals surface area contributed by atoms with Gasteiger partial charge in [-0.1, -0.05) is 37.5 Å². The zero-order chi connectivity index (χ0) is 18.3. The van der Waals surface area contributed by atoms with Gasteiger partial charge in [0, 0.05) is 6.20 Å². The molecule has 25 heavy (non-hydrogen) atoms. The van der Waals surface area contributed by atoms with E-state index in [0.717, 1.165) is 5.56 Å². The zero-order valence-electron chi connectivity index (χ0n) is 15.7. The number of carbonyl (C=O) groups excluding carboxylic acids is 1. The molecule has 3 heteroatoms. The first-order valence-electron chi connectivity index (χ1n) is 8.91. The third kappa shape index (κ3) is 5.60. The number of aromatic nitrogens is 1. The number of allylic oxidation sites excluding steroid dienone is 4. The smallest absolute Gasteiger partial charge is 0.310 e. The predicted molar refractivity (Wildman–Crippen MR) is 101 cm³/mol. The number of ether oxygens (including phenoxy) is 1. The van der Waals surface area contributed by atoms with Crippen LogP contribution in [0.25, 0.3) is 0 Å². The van der Waals surface area contributed by atoms with Crippen LogP contribution in [0.3, 0.4) is 0 Å². The van der Waals surface area contributed by atoms with E-state index in [0.29, 0.717) is 12.3 Å². The molecule has 0 spiro atoms. The Balaban J connectivity index is 2.00. The maximum Gasteiger partial charge on any atom is 0.310 e. The van der Waals surface area contributed by atoms with E-state index in [1.165, 1.54) is 30.4 Å². The van der Waals surface area contributed by atoms with Gasteiger partial charge in [0.1, 0.15) is 5.69 Å². The van der Waals surface area contributed by atoms with Crippen molar-refractivity contribution in [3.8, 4) is 11.8 Å². The fraction of sp³-hybridized carbons (Fsp3) is 0.455. The molecule has 0 saturated heterocycles. The first-order chi connectivity index (χ1) is 11.9. The van der Waals surface area contributed by atoms with Crippen molar-refractivity contribution in [2.45, 2.75) is 53.4 Å². The summed E-state index contributed by atoms with van der Waals surface area (Å²) in [5, 5.41) is 0. The molecule has 0 bridgehead atoms. The zero-order valence-corrected chi connectivity index (χ0v) is 15.7. The largest absolute Gasteiger partial charge is 0.466 e. The third-order valence-corrected chi connectivity index (χ3v) is 4.55. The Labute approximate surface area is 151 Å². The van der Waals surface area contributed by atoms with Gasteiger partial charge in [-0.15, -0.1) is 0 Å². The van der Waals surface area contributed by atoms with Gasteiger partial charge in [-0.05, 0) is 67.7 Å². The van der Waals surface area contributed by atoms with Crippen LogP contribution in [-0.2, 0) is 16.0 Å². The molecule has 0 aromatic carbocycles. The van der Waals surface area contributed by atoms with Crippen LogP contribution in [0.2, 0.25) is 0 Å². The Hall–Kier alpha value is -2.34. The van der Waals surface area contributed by atoms with Crippen LogP contribution in [0.4, 0.5) is 0 Å². The predicted octanol–water partition coefficient (Wildman–Crippen LogP) is 4.62. The summed E-state index contributed by atoms with van der Waals surface area (Å²) in [4.78, 5) is 15.7. The van der Waals surface area contributed by atoms with Gasteiger partial charge in [0.05, 0.1) is 13.0 Å². The molecule has 0 unspecified atom stereocenters. The second-order valence-corrected chi connectivity index (χ2v) is 7.07. The van der Waals surface area contributed by atoms with Gasteiger partial charge in [-0.2, -0.15) is 0 Å². The molecule has 0 saturated carbocycles. The van der Waals surface area contributed by atoms with E-state index in [9.17, 15) is 4.79 Å². The van der Waals surface area contributed by atoms with Gasteiger partial charge < -0.3 is 4.74 Å². The normalized spacial score (nSPS) is 16.5. The lowest BCUT2D eigenvalue weighted by Gasteiger charge is -2.32. The first-order valence-corrected chi connectivity index (χ1v) is 8.91. The number of nitrogens with zero attached hydrogens (tertiary/aromatic N) is 1. The van der Waals surface area contributed by atoms with E-state index in [1.807, 2.05) is 18.2 Å². The third-order valence-electron chi connectivity index (χ3n) is 4.55. The number of rotatable bonds is 4. The maximum absolute atomic E-state index is 11.4. The minimum absolute atomic E-state index is 0.230. The summed E-state index contributed by atoms with van der Waals surface area (Å²) in [5.74, 6) is 5.88. The van der Waals surface area contributed by atoms with E-state index >= 15 is 0 Å². The molecule has 0 fully saturated rings. The number of carbonyl (C=O) groups is 1. The van der Waals surface area contributed by atoms with E-state index < -0.39 is 0 Å². The molecule has 3 nitrogen and oxygen atoms in total. The van der Waals surface area contributed by atoms with Crippen molar-refractivity contribution in [2.24, 2.45) is 5.41 Å². The van der Waals surface area contributed by atoms with Crippen LogP contribution in [0.15, 0.2) is 41.6 Å². The molecule has 1 aromatic rings. The Bertz CT molecular complexity index is 728. The molecule has 1 aliphatic carbocycles. The van der Waals surface area contributed by atoms with Crippen molar-refractivity contribution in [2.75, 3.05) is 6.61 Å².